The van der Waals surface area contributed by atoms with E-state index in [9.17, 15) is 9.59 Å². The van der Waals surface area contributed by atoms with Crippen LogP contribution in [0.1, 0.15) is 38.5 Å². The number of carboxylic acids is 1. The van der Waals surface area contributed by atoms with Crippen LogP contribution >= 0.6 is 0 Å². The van der Waals surface area contributed by atoms with Crippen LogP contribution < -0.4 is 5.73 Å². The fourth-order valence-corrected chi connectivity index (χ4v) is 3.20. The number of rotatable bonds is 5. The van der Waals surface area contributed by atoms with Crippen molar-refractivity contribution in [3.8, 4) is 0 Å². The predicted octanol–water partition coefficient (Wildman–Crippen LogP) is 0.265. The Hall–Kier alpha value is -1.14. The summed E-state index contributed by atoms with van der Waals surface area (Å²) in [4.78, 5) is 27.0. The molecule has 2 aliphatic rings. The van der Waals surface area contributed by atoms with Crippen molar-refractivity contribution in [1.29, 1.82) is 0 Å². The third kappa shape index (κ3) is 3.93. The van der Waals surface area contributed by atoms with Crippen molar-refractivity contribution in [2.24, 2.45) is 5.73 Å². The number of hydrogen-bond donors (Lipinski definition) is 2. The van der Waals surface area contributed by atoms with Crippen molar-refractivity contribution in [1.82, 2.24) is 9.80 Å². The first-order valence-corrected chi connectivity index (χ1v) is 7.58. The van der Waals surface area contributed by atoms with E-state index >= 15 is 0 Å². The lowest BCUT2D eigenvalue weighted by molar-refractivity contribution is -0.138. The zero-order valence-corrected chi connectivity index (χ0v) is 12.0. The number of nitrogens with zero attached hydrogens (tertiary/aromatic N) is 2. The van der Waals surface area contributed by atoms with Gasteiger partial charge in [-0.1, -0.05) is 0 Å². The standard InChI is InChI=1S/C14H25N3O3/c15-12(3-4-13(18)19)14(20)17-9-5-11(6-10-17)16-7-1-2-8-16/h11-12H,1-10,15H2,(H,18,19). The van der Waals surface area contributed by atoms with Crippen LogP contribution in [0.15, 0.2) is 0 Å². The molecule has 2 heterocycles. The van der Waals surface area contributed by atoms with Gasteiger partial charge in [0.1, 0.15) is 0 Å². The molecule has 0 aromatic rings. The first-order valence-electron chi connectivity index (χ1n) is 7.58. The molecule has 1 unspecified atom stereocenters. The number of amides is 1. The number of aliphatic carboxylic acids is 1. The van der Waals surface area contributed by atoms with Gasteiger partial charge in [-0.3, -0.25) is 9.59 Å². The van der Waals surface area contributed by atoms with Gasteiger partial charge in [-0.05, 0) is 45.2 Å². The van der Waals surface area contributed by atoms with Crippen LogP contribution in [0.5, 0.6) is 0 Å². The highest BCUT2D eigenvalue weighted by atomic mass is 16.4. The van der Waals surface area contributed by atoms with Gasteiger partial charge in [0, 0.05) is 25.6 Å². The molecule has 0 radical (unpaired) electrons. The van der Waals surface area contributed by atoms with Gasteiger partial charge in [0.05, 0.1) is 6.04 Å². The van der Waals surface area contributed by atoms with Crippen molar-refractivity contribution in [2.75, 3.05) is 26.2 Å². The Kier molecular flexibility index (Phi) is 5.37. The van der Waals surface area contributed by atoms with Gasteiger partial charge in [-0.2, -0.15) is 0 Å². The van der Waals surface area contributed by atoms with E-state index < -0.39 is 12.0 Å². The average molecular weight is 283 g/mol. The summed E-state index contributed by atoms with van der Waals surface area (Å²) in [5.41, 5.74) is 5.79. The lowest BCUT2D eigenvalue weighted by Crippen LogP contribution is -2.50. The Morgan fingerprint density at radius 1 is 1.15 bits per heavy atom. The molecule has 114 valence electrons. The molecular formula is C14H25N3O3. The minimum Gasteiger partial charge on any atom is -0.481 e. The van der Waals surface area contributed by atoms with Crippen LogP contribution in [-0.4, -0.2) is 65.0 Å². The second kappa shape index (κ2) is 7.04. The topological polar surface area (TPSA) is 86.9 Å². The SMILES string of the molecule is NC(CCC(=O)O)C(=O)N1CCC(N2CCCC2)CC1. The van der Waals surface area contributed by atoms with E-state index in [1.165, 1.54) is 25.9 Å². The first-order chi connectivity index (χ1) is 9.58. The summed E-state index contributed by atoms with van der Waals surface area (Å²) >= 11 is 0. The molecule has 0 bridgehead atoms. The lowest BCUT2D eigenvalue weighted by Gasteiger charge is -2.37. The highest BCUT2D eigenvalue weighted by molar-refractivity contribution is 5.82. The summed E-state index contributed by atoms with van der Waals surface area (Å²) in [6.07, 6.45) is 4.78. The molecule has 2 saturated heterocycles. The van der Waals surface area contributed by atoms with Crippen molar-refractivity contribution in [2.45, 2.75) is 50.6 Å². The minimum atomic E-state index is -0.902. The summed E-state index contributed by atoms with van der Waals surface area (Å²) in [7, 11) is 0. The Bertz CT molecular complexity index is 348. The number of carbonyl (C=O) groups excluding carboxylic acids is 1. The quantitative estimate of drug-likeness (QED) is 0.756. The van der Waals surface area contributed by atoms with Crippen LogP contribution in [-0.2, 0) is 9.59 Å². The molecule has 1 amide bonds. The van der Waals surface area contributed by atoms with Crippen LogP contribution in [0.4, 0.5) is 0 Å². The van der Waals surface area contributed by atoms with Crippen LogP contribution in [0.25, 0.3) is 0 Å². The second-order valence-electron chi connectivity index (χ2n) is 5.84. The maximum Gasteiger partial charge on any atom is 0.303 e. The van der Waals surface area contributed by atoms with Crippen molar-refractivity contribution in [3.63, 3.8) is 0 Å². The number of piperidine rings is 1. The fourth-order valence-electron chi connectivity index (χ4n) is 3.20. The molecule has 6 nitrogen and oxygen atoms in total. The van der Waals surface area contributed by atoms with Gasteiger partial charge >= 0.3 is 5.97 Å². The minimum absolute atomic E-state index is 0.0445. The fraction of sp³-hybridized carbons (Fsp3) is 0.857. The maximum atomic E-state index is 12.1. The second-order valence-corrected chi connectivity index (χ2v) is 5.84. The van der Waals surface area contributed by atoms with E-state index in [2.05, 4.69) is 4.90 Å². The average Bonchev–Trinajstić information content (AvgIpc) is 2.98. The number of likely N-dealkylation sites (tertiary alicyclic amines) is 2. The van der Waals surface area contributed by atoms with E-state index in [0.717, 1.165) is 25.9 Å². The van der Waals surface area contributed by atoms with Gasteiger partial charge in [-0.25, -0.2) is 0 Å². The number of hydrogen-bond acceptors (Lipinski definition) is 4. The molecule has 2 aliphatic heterocycles. The Balaban J connectivity index is 1.74. The van der Waals surface area contributed by atoms with E-state index in [0.29, 0.717) is 6.04 Å². The van der Waals surface area contributed by atoms with E-state index in [1.54, 1.807) is 4.90 Å². The predicted molar refractivity (Wildman–Crippen MR) is 75.3 cm³/mol. The zero-order chi connectivity index (χ0) is 14.5. The molecule has 0 saturated carbocycles. The molecular weight excluding hydrogens is 258 g/mol. The van der Waals surface area contributed by atoms with Crippen molar-refractivity contribution >= 4 is 11.9 Å². The third-order valence-corrected chi connectivity index (χ3v) is 4.42. The van der Waals surface area contributed by atoms with Gasteiger partial charge in [-0.15, -0.1) is 0 Å². The summed E-state index contributed by atoms with van der Waals surface area (Å²) < 4.78 is 0. The monoisotopic (exact) mass is 283 g/mol. The van der Waals surface area contributed by atoms with Crippen LogP contribution in [0.2, 0.25) is 0 Å². The Morgan fingerprint density at radius 3 is 2.30 bits per heavy atom. The van der Waals surface area contributed by atoms with Gasteiger partial charge in [0.15, 0.2) is 0 Å². The molecule has 0 aliphatic carbocycles. The highest BCUT2D eigenvalue weighted by Crippen LogP contribution is 2.21. The number of nitrogens with two attached hydrogens (primary N) is 1. The smallest absolute Gasteiger partial charge is 0.303 e. The lowest BCUT2D eigenvalue weighted by atomic mass is 10.0. The molecule has 6 heteroatoms. The van der Waals surface area contributed by atoms with E-state index in [1.807, 2.05) is 0 Å². The molecule has 1 atom stereocenters. The van der Waals surface area contributed by atoms with Crippen LogP contribution in [0.3, 0.4) is 0 Å². The number of carbonyl (C=O) groups is 2. The number of carboxylic acid groups (broad SMARTS) is 1. The van der Waals surface area contributed by atoms with Crippen molar-refractivity contribution in [3.05, 3.63) is 0 Å². The zero-order valence-electron chi connectivity index (χ0n) is 12.0. The summed E-state index contributed by atoms with van der Waals surface area (Å²) in [5.74, 6) is -0.993. The molecule has 0 aromatic heterocycles. The molecule has 2 fully saturated rings. The van der Waals surface area contributed by atoms with E-state index in [4.69, 9.17) is 10.8 Å². The molecule has 3 N–H and O–H groups in total. The molecule has 0 aromatic carbocycles. The molecule has 0 spiro atoms. The Morgan fingerprint density at radius 2 is 1.75 bits per heavy atom. The molecule has 2 rings (SSSR count). The summed E-state index contributed by atoms with van der Waals surface area (Å²) in [6.45, 7) is 3.88. The maximum absolute atomic E-state index is 12.1. The van der Waals surface area contributed by atoms with Gasteiger partial charge in [0.2, 0.25) is 5.91 Å². The van der Waals surface area contributed by atoms with Gasteiger partial charge < -0.3 is 20.6 Å². The van der Waals surface area contributed by atoms with Gasteiger partial charge in [0.25, 0.3) is 0 Å². The summed E-state index contributed by atoms with van der Waals surface area (Å²) in [5, 5.41) is 8.62. The highest BCUT2D eigenvalue weighted by Gasteiger charge is 2.30. The van der Waals surface area contributed by atoms with Crippen LogP contribution in [0, 0.1) is 0 Å². The summed E-state index contributed by atoms with van der Waals surface area (Å²) in [6, 6.07) is -0.0637. The first kappa shape index (κ1) is 15.3. The Labute approximate surface area is 119 Å². The molecule has 20 heavy (non-hydrogen) atoms. The van der Waals surface area contributed by atoms with E-state index in [-0.39, 0.29) is 18.7 Å². The third-order valence-electron chi connectivity index (χ3n) is 4.42. The normalized spacial score (nSPS) is 22.9. The largest absolute Gasteiger partial charge is 0.481 e. The van der Waals surface area contributed by atoms with Crippen molar-refractivity contribution < 1.29 is 14.7 Å².